The standard InChI is InChI=1S/C20H30I2O2/c1-12-8-14(17(22)15(21)9-12)18-23-13(11-19(2,3)4)10-16(24-18)20(5,6)7/h8-9,13,16,18H,10-11H2,1-7H3. The van der Waals surface area contributed by atoms with Gasteiger partial charge in [0, 0.05) is 19.1 Å². The Kier molecular flexibility index (Phi) is 6.70. The van der Waals surface area contributed by atoms with Crippen LogP contribution in [0.15, 0.2) is 12.1 Å². The van der Waals surface area contributed by atoms with Crippen LogP contribution in [0.3, 0.4) is 0 Å². The van der Waals surface area contributed by atoms with Gasteiger partial charge in [0.2, 0.25) is 0 Å². The summed E-state index contributed by atoms with van der Waals surface area (Å²) in [5.41, 5.74) is 2.80. The zero-order chi connectivity index (χ0) is 18.3. The fourth-order valence-electron chi connectivity index (χ4n) is 3.15. The molecule has 4 heteroatoms. The van der Waals surface area contributed by atoms with Crippen LogP contribution in [0.4, 0.5) is 0 Å². The average Bonchev–Trinajstić information content (AvgIpc) is 2.39. The lowest BCUT2D eigenvalue weighted by atomic mass is 9.81. The van der Waals surface area contributed by atoms with Gasteiger partial charge in [0.05, 0.1) is 12.2 Å². The maximum absolute atomic E-state index is 6.44. The Hall–Kier alpha value is 0.600. The monoisotopic (exact) mass is 556 g/mol. The van der Waals surface area contributed by atoms with Gasteiger partial charge >= 0.3 is 0 Å². The number of halogens is 2. The lowest BCUT2D eigenvalue weighted by molar-refractivity contribution is -0.271. The highest BCUT2D eigenvalue weighted by atomic mass is 127. The lowest BCUT2D eigenvalue weighted by Gasteiger charge is -2.43. The van der Waals surface area contributed by atoms with E-state index in [1.165, 1.54) is 18.3 Å². The summed E-state index contributed by atoms with van der Waals surface area (Å²) in [5, 5.41) is 0. The van der Waals surface area contributed by atoms with E-state index in [0.29, 0.717) is 0 Å². The maximum Gasteiger partial charge on any atom is 0.185 e. The van der Waals surface area contributed by atoms with Crippen LogP contribution < -0.4 is 0 Å². The summed E-state index contributed by atoms with van der Waals surface area (Å²) < 4.78 is 15.4. The van der Waals surface area contributed by atoms with Gasteiger partial charge in [-0.05, 0) is 87.1 Å². The van der Waals surface area contributed by atoms with Gasteiger partial charge in [0.15, 0.2) is 6.29 Å². The zero-order valence-electron chi connectivity index (χ0n) is 15.9. The smallest absolute Gasteiger partial charge is 0.185 e. The Morgan fingerprint density at radius 3 is 2.21 bits per heavy atom. The minimum absolute atomic E-state index is 0.112. The van der Waals surface area contributed by atoms with Crippen molar-refractivity contribution in [2.24, 2.45) is 10.8 Å². The molecule has 0 aliphatic carbocycles. The minimum Gasteiger partial charge on any atom is -0.345 e. The van der Waals surface area contributed by atoms with Crippen molar-refractivity contribution < 1.29 is 9.47 Å². The van der Waals surface area contributed by atoms with Crippen molar-refractivity contribution in [3.8, 4) is 0 Å². The van der Waals surface area contributed by atoms with E-state index in [4.69, 9.17) is 9.47 Å². The summed E-state index contributed by atoms with van der Waals surface area (Å²) >= 11 is 4.82. The van der Waals surface area contributed by atoms with Gasteiger partial charge in [-0.15, -0.1) is 0 Å². The predicted octanol–water partition coefficient (Wildman–Crippen LogP) is 6.86. The number of hydrogen-bond acceptors (Lipinski definition) is 2. The quantitative estimate of drug-likeness (QED) is 0.371. The van der Waals surface area contributed by atoms with Crippen LogP contribution in [-0.4, -0.2) is 12.2 Å². The number of rotatable bonds is 2. The molecule has 0 saturated carbocycles. The molecule has 1 aromatic rings. The normalized spacial score (nSPS) is 25.8. The highest BCUT2D eigenvalue weighted by Crippen LogP contribution is 2.42. The molecule has 0 bridgehead atoms. The second kappa shape index (κ2) is 7.69. The summed E-state index contributed by atoms with van der Waals surface area (Å²) in [6.07, 6.45) is 2.20. The van der Waals surface area contributed by atoms with Crippen molar-refractivity contribution in [1.29, 1.82) is 0 Å². The maximum atomic E-state index is 6.44. The first kappa shape index (κ1) is 20.9. The molecular formula is C20H30I2O2. The van der Waals surface area contributed by atoms with E-state index in [1.807, 2.05) is 0 Å². The second-order valence-electron chi connectivity index (χ2n) is 9.23. The first-order valence-corrected chi connectivity index (χ1v) is 10.8. The molecule has 0 spiro atoms. The minimum atomic E-state index is -0.268. The number of benzene rings is 1. The van der Waals surface area contributed by atoms with Crippen LogP contribution >= 0.6 is 45.2 Å². The molecule has 0 N–H and O–H groups in total. The van der Waals surface area contributed by atoms with Gasteiger partial charge in [-0.3, -0.25) is 0 Å². The Morgan fingerprint density at radius 2 is 1.67 bits per heavy atom. The molecule has 24 heavy (non-hydrogen) atoms. The average molecular weight is 556 g/mol. The molecule has 0 radical (unpaired) electrons. The van der Waals surface area contributed by atoms with Crippen LogP contribution in [0.5, 0.6) is 0 Å². The van der Waals surface area contributed by atoms with Gasteiger partial charge in [0.1, 0.15) is 0 Å². The second-order valence-corrected chi connectivity index (χ2v) is 11.5. The SMILES string of the molecule is Cc1cc(I)c(I)c(C2OC(CC(C)(C)C)CC(C(C)(C)C)O2)c1. The lowest BCUT2D eigenvalue weighted by Crippen LogP contribution is -2.42. The number of aryl methyl sites for hydroxylation is 1. The fraction of sp³-hybridized carbons (Fsp3) is 0.700. The van der Waals surface area contributed by atoms with Gasteiger partial charge in [-0.2, -0.15) is 0 Å². The van der Waals surface area contributed by atoms with Crippen LogP contribution in [0, 0.1) is 24.9 Å². The van der Waals surface area contributed by atoms with E-state index in [-0.39, 0.29) is 29.3 Å². The Balaban J connectivity index is 2.34. The molecule has 2 nitrogen and oxygen atoms in total. The molecule has 1 saturated heterocycles. The molecule has 1 aromatic carbocycles. The van der Waals surface area contributed by atoms with Crippen LogP contribution in [0.25, 0.3) is 0 Å². The van der Waals surface area contributed by atoms with E-state index in [1.54, 1.807) is 0 Å². The topological polar surface area (TPSA) is 18.5 Å². The van der Waals surface area contributed by atoms with Crippen molar-refractivity contribution in [2.75, 3.05) is 0 Å². The highest BCUT2D eigenvalue weighted by molar-refractivity contribution is 14.1. The molecule has 0 aromatic heterocycles. The number of ether oxygens (including phenoxy) is 2. The third-order valence-corrected chi connectivity index (χ3v) is 7.43. The first-order valence-electron chi connectivity index (χ1n) is 8.63. The largest absolute Gasteiger partial charge is 0.345 e. The fourth-order valence-corrected chi connectivity index (χ4v) is 4.52. The van der Waals surface area contributed by atoms with E-state index < -0.39 is 0 Å². The van der Waals surface area contributed by atoms with Gasteiger partial charge in [-0.25, -0.2) is 0 Å². The predicted molar refractivity (Wildman–Crippen MR) is 117 cm³/mol. The van der Waals surface area contributed by atoms with Crippen LogP contribution in [-0.2, 0) is 9.47 Å². The van der Waals surface area contributed by atoms with Gasteiger partial charge in [0.25, 0.3) is 0 Å². The Morgan fingerprint density at radius 1 is 1.04 bits per heavy atom. The molecule has 136 valence electrons. The molecule has 2 rings (SSSR count). The van der Waals surface area contributed by atoms with Crippen molar-refractivity contribution >= 4 is 45.2 Å². The summed E-state index contributed by atoms with van der Waals surface area (Å²) in [6.45, 7) is 15.8. The zero-order valence-corrected chi connectivity index (χ0v) is 20.2. The molecule has 1 fully saturated rings. The molecule has 1 aliphatic rings. The Bertz CT molecular complexity index is 585. The Labute approximate surface area is 174 Å². The summed E-state index contributed by atoms with van der Waals surface area (Å²) in [4.78, 5) is 0. The third-order valence-electron chi connectivity index (χ3n) is 4.34. The summed E-state index contributed by atoms with van der Waals surface area (Å²) in [6, 6.07) is 4.43. The van der Waals surface area contributed by atoms with Gasteiger partial charge in [-0.1, -0.05) is 41.5 Å². The molecule has 1 aliphatic heterocycles. The van der Waals surface area contributed by atoms with Crippen molar-refractivity contribution in [1.82, 2.24) is 0 Å². The molecule has 0 amide bonds. The van der Waals surface area contributed by atoms with Crippen molar-refractivity contribution in [2.45, 2.75) is 79.8 Å². The summed E-state index contributed by atoms with van der Waals surface area (Å²) in [7, 11) is 0. The van der Waals surface area contributed by atoms with Gasteiger partial charge < -0.3 is 9.47 Å². The number of hydrogen-bond donors (Lipinski definition) is 0. The van der Waals surface area contributed by atoms with Crippen LogP contribution in [0.1, 0.15) is 71.8 Å². The third kappa shape index (κ3) is 5.55. The molecule has 1 heterocycles. The van der Waals surface area contributed by atoms with E-state index in [2.05, 4.69) is 106 Å². The molecular weight excluding hydrogens is 526 g/mol. The molecule has 3 atom stereocenters. The van der Waals surface area contributed by atoms with Crippen molar-refractivity contribution in [3.63, 3.8) is 0 Å². The van der Waals surface area contributed by atoms with Crippen molar-refractivity contribution in [3.05, 3.63) is 30.4 Å². The molecule has 3 unspecified atom stereocenters. The van der Waals surface area contributed by atoms with E-state index >= 15 is 0 Å². The first-order chi connectivity index (χ1) is 10.9. The van der Waals surface area contributed by atoms with E-state index in [0.717, 1.165) is 12.8 Å². The van der Waals surface area contributed by atoms with E-state index in [9.17, 15) is 0 Å². The highest BCUT2D eigenvalue weighted by Gasteiger charge is 2.39. The van der Waals surface area contributed by atoms with Crippen LogP contribution in [0.2, 0.25) is 0 Å². The summed E-state index contributed by atoms with van der Waals surface area (Å²) in [5.74, 6) is 0.